The predicted octanol–water partition coefficient (Wildman–Crippen LogP) is 3.72. The summed E-state index contributed by atoms with van der Waals surface area (Å²) >= 11 is 0. The topological polar surface area (TPSA) is 113 Å². The molecule has 0 spiro atoms. The molecule has 182 valence electrons. The molecule has 0 saturated carbocycles. The van der Waals surface area contributed by atoms with Gasteiger partial charge in [0.2, 0.25) is 0 Å². The van der Waals surface area contributed by atoms with Crippen LogP contribution in [0.2, 0.25) is 0 Å². The van der Waals surface area contributed by atoms with Crippen molar-refractivity contribution in [3.8, 4) is 11.1 Å². The van der Waals surface area contributed by atoms with Crippen LogP contribution in [0.15, 0.2) is 55.0 Å². The van der Waals surface area contributed by atoms with Gasteiger partial charge in [0.15, 0.2) is 5.82 Å². The van der Waals surface area contributed by atoms with Crippen LogP contribution in [0.3, 0.4) is 0 Å². The Morgan fingerprint density at radius 2 is 1.91 bits per heavy atom. The summed E-state index contributed by atoms with van der Waals surface area (Å²) in [5.74, 6) is -0.107. The number of nitrogens with two attached hydrogens (primary N) is 1. The van der Waals surface area contributed by atoms with Crippen molar-refractivity contribution >= 4 is 28.7 Å². The summed E-state index contributed by atoms with van der Waals surface area (Å²) in [4.78, 5) is 18.7. The third-order valence-corrected chi connectivity index (χ3v) is 5.53. The number of rotatable bonds is 8. The Bertz CT molecular complexity index is 1330. The van der Waals surface area contributed by atoms with Gasteiger partial charge in [0.1, 0.15) is 17.7 Å². The van der Waals surface area contributed by atoms with E-state index in [0.717, 1.165) is 40.9 Å². The van der Waals surface area contributed by atoms with Gasteiger partial charge in [-0.3, -0.25) is 0 Å². The highest BCUT2D eigenvalue weighted by Crippen LogP contribution is 2.33. The standard InChI is InChI=1S/C25H29FN8O/c1-16-4-9-20(26)21(12-16)32-25(35)31-19-7-5-17(6-8-19)22-18(13-28-10-11-33(2)3)14-34-23(22)24(27)29-15-30-34/h4-9,12,14-15,28H,10-11,13H2,1-3H3,(H2,27,29,30)(H2,31,32,35). The van der Waals surface area contributed by atoms with Gasteiger partial charge < -0.3 is 26.6 Å². The van der Waals surface area contributed by atoms with Gasteiger partial charge in [0, 0.05) is 37.1 Å². The van der Waals surface area contributed by atoms with Crippen molar-refractivity contribution in [2.75, 3.05) is 43.6 Å². The average molecular weight is 477 g/mol. The number of carbonyl (C=O) groups excluding carboxylic acids is 1. The maximum atomic E-state index is 14.0. The second-order valence-corrected chi connectivity index (χ2v) is 8.59. The van der Waals surface area contributed by atoms with Gasteiger partial charge in [-0.2, -0.15) is 5.10 Å². The molecule has 2 heterocycles. The molecule has 0 radical (unpaired) electrons. The first-order chi connectivity index (χ1) is 16.8. The lowest BCUT2D eigenvalue weighted by molar-refractivity contribution is 0.262. The summed E-state index contributed by atoms with van der Waals surface area (Å²) in [5.41, 5.74) is 11.3. The molecule has 0 fully saturated rings. The SMILES string of the molecule is Cc1ccc(F)c(NC(=O)Nc2ccc(-c3c(CNCCN(C)C)cn4ncnc(N)c34)cc2)c1. The normalized spacial score (nSPS) is 11.2. The van der Waals surface area contributed by atoms with Crippen LogP contribution in [-0.2, 0) is 6.54 Å². The Morgan fingerprint density at radius 1 is 1.14 bits per heavy atom. The van der Waals surface area contributed by atoms with E-state index in [0.29, 0.717) is 18.1 Å². The Morgan fingerprint density at radius 3 is 2.66 bits per heavy atom. The minimum absolute atomic E-state index is 0.126. The average Bonchev–Trinajstić information content (AvgIpc) is 3.19. The van der Waals surface area contributed by atoms with E-state index in [9.17, 15) is 9.18 Å². The smallest absolute Gasteiger partial charge is 0.323 e. The number of aryl methyl sites for hydroxylation is 1. The molecule has 10 heteroatoms. The van der Waals surface area contributed by atoms with Gasteiger partial charge in [-0.05, 0) is 62.0 Å². The van der Waals surface area contributed by atoms with Crippen LogP contribution in [0.4, 0.5) is 26.4 Å². The van der Waals surface area contributed by atoms with Crippen LogP contribution in [-0.4, -0.2) is 52.7 Å². The molecule has 4 aromatic rings. The number of carbonyl (C=O) groups is 1. The number of likely N-dealkylation sites (N-methyl/N-ethyl adjacent to an activating group) is 1. The molecule has 35 heavy (non-hydrogen) atoms. The largest absolute Gasteiger partial charge is 0.382 e. The van der Waals surface area contributed by atoms with E-state index < -0.39 is 11.8 Å². The van der Waals surface area contributed by atoms with E-state index in [1.807, 2.05) is 39.3 Å². The van der Waals surface area contributed by atoms with Crippen molar-refractivity contribution in [2.24, 2.45) is 0 Å². The third kappa shape index (κ3) is 5.73. The van der Waals surface area contributed by atoms with Crippen molar-refractivity contribution in [3.05, 3.63) is 71.9 Å². The molecular weight excluding hydrogens is 447 g/mol. The summed E-state index contributed by atoms with van der Waals surface area (Å²) in [6.07, 6.45) is 3.37. The van der Waals surface area contributed by atoms with Gasteiger partial charge in [0.25, 0.3) is 0 Å². The highest BCUT2D eigenvalue weighted by atomic mass is 19.1. The number of aromatic nitrogens is 3. The lowest BCUT2D eigenvalue weighted by atomic mass is 10.0. The second kappa shape index (κ2) is 10.5. The number of hydrogen-bond acceptors (Lipinski definition) is 6. The molecule has 0 aliphatic heterocycles. The first kappa shape index (κ1) is 24.1. The van der Waals surface area contributed by atoms with E-state index in [1.165, 1.54) is 12.4 Å². The first-order valence-electron chi connectivity index (χ1n) is 11.2. The van der Waals surface area contributed by atoms with E-state index in [1.54, 1.807) is 28.8 Å². The lowest BCUT2D eigenvalue weighted by Crippen LogP contribution is -2.26. The fourth-order valence-corrected chi connectivity index (χ4v) is 3.81. The molecule has 5 N–H and O–H groups in total. The zero-order chi connectivity index (χ0) is 24.9. The van der Waals surface area contributed by atoms with E-state index in [2.05, 4.69) is 30.9 Å². The summed E-state index contributed by atoms with van der Waals surface area (Å²) < 4.78 is 15.7. The van der Waals surface area contributed by atoms with E-state index >= 15 is 0 Å². The Kier molecular flexibility index (Phi) is 7.23. The van der Waals surface area contributed by atoms with Gasteiger partial charge in [-0.15, -0.1) is 0 Å². The molecule has 0 aliphatic rings. The van der Waals surface area contributed by atoms with Gasteiger partial charge in [0.05, 0.1) is 5.69 Å². The molecule has 0 unspecified atom stereocenters. The molecular formula is C25H29FN8O. The maximum absolute atomic E-state index is 14.0. The van der Waals surface area contributed by atoms with E-state index in [4.69, 9.17) is 5.73 Å². The van der Waals surface area contributed by atoms with Crippen molar-refractivity contribution in [2.45, 2.75) is 13.5 Å². The molecule has 0 bridgehead atoms. The quantitative estimate of drug-likeness (QED) is 0.288. The molecule has 0 aliphatic carbocycles. The number of nitrogens with one attached hydrogen (secondary N) is 3. The third-order valence-electron chi connectivity index (χ3n) is 5.53. The zero-order valence-corrected chi connectivity index (χ0v) is 20.0. The van der Waals surface area contributed by atoms with Crippen LogP contribution < -0.4 is 21.7 Å². The summed E-state index contributed by atoms with van der Waals surface area (Å²) in [6, 6.07) is 11.4. The number of halogens is 1. The number of nitrogens with zero attached hydrogens (tertiary/aromatic N) is 4. The van der Waals surface area contributed by atoms with Crippen LogP contribution in [0.1, 0.15) is 11.1 Å². The van der Waals surface area contributed by atoms with Crippen molar-refractivity contribution in [1.82, 2.24) is 24.8 Å². The predicted molar refractivity (Wildman–Crippen MR) is 137 cm³/mol. The number of benzene rings is 2. The van der Waals surface area contributed by atoms with Crippen LogP contribution >= 0.6 is 0 Å². The van der Waals surface area contributed by atoms with Crippen molar-refractivity contribution in [3.63, 3.8) is 0 Å². The van der Waals surface area contributed by atoms with Crippen LogP contribution in [0, 0.1) is 12.7 Å². The fourth-order valence-electron chi connectivity index (χ4n) is 3.81. The summed E-state index contributed by atoms with van der Waals surface area (Å²) in [7, 11) is 4.06. The molecule has 0 atom stereocenters. The van der Waals surface area contributed by atoms with Crippen molar-refractivity contribution < 1.29 is 9.18 Å². The van der Waals surface area contributed by atoms with Crippen molar-refractivity contribution in [1.29, 1.82) is 0 Å². The number of hydrogen-bond donors (Lipinski definition) is 4. The number of fused-ring (bicyclic) bond motifs is 1. The minimum atomic E-state index is -0.528. The first-order valence-corrected chi connectivity index (χ1v) is 11.2. The highest BCUT2D eigenvalue weighted by molar-refractivity contribution is 6.00. The van der Waals surface area contributed by atoms with E-state index in [-0.39, 0.29) is 5.69 Å². The molecule has 4 rings (SSSR count). The lowest BCUT2D eigenvalue weighted by Gasteiger charge is -2.12. The van der Waals surface area contributed by atoms with Gasteiger partial charge in [-0.25, -0.2) is 18.7 Å². The summed E-state index contributed by atoms with van der Waals surface area (Å²) in [5, 5.41) is 13.0. The Balaban J connectivity index is 1.54. The Labute approximate surface area is 203 Å². The summed E-state index contributed by atoms with van der Waals surface area (Å²) in [6.45, 7) is 4.21. The number of urea groups is 1. The highest BCUT2D eigenvalue weighted by Gasteiger charge is 2.17. The number of amides is 2. The second-order valence-electron chi connectivity index (χ2n) is 8.59. The molecule has 2 amide bonds. The van der Waals surface area contributed by atoms with Crippen LogP contribution in [0.25, 0.3) is 16.6 Å². The maximum Gasteiger partial charge on any atom is 0.323 e. The molecule has 9 nitrogen and oxygen atoms in total. The number of anilines is 3. The minimum Gasteiger partial charge on any atom is -0.382 e. The molecule has 0 saturated heterocycles. The zero-order valence-electron chi connectivity index (χ0n) is 20.0. The Hall–Kier alpha value is -4.02. The molecule has 2 aromatic carbocycles. The molecule has 2 aromatic heterocycles. The monoisotopic (exact) mass is 476 g/mol. The van der Waals surface area contributed by atoms with Crippen LogP contribution in [0.5, 0.6) is 0 Å². The fraction of sp³-hybridized carbons (Fsp3) is 0.240. The van der Waals surface area contributed by atoms with Gasteiger partial charge >= 0.3 is 6.03 Å². The number of nitrogen functional groups attached to an aromatic ring is 1. The van der Waals surface area contributed by atoms with Gasteiger partial charge in [-0.1, -0.05) is 18.2 Å².